The summed E-state index contributed by atoms with van der Waals surface area (Å²) in [4.78, 5) is 35.5. The summed E-state index contributed by atoms with van der Waals surface area (Å²) in [5.41, 5.74) is 0. The first-order chi connectivity index (χ1) is 9.41. The second-order valence-electron chi connectivity index (χ2n) is 4.53. The van der Waals surface area contributed by atoms with Crippen LogP contribution < -0.4 is 0 Å². The molecule has 116 valence electrons. The topological polar surface area (TPSA) is 89.9 Å². The second-order valence-corrected chi connectivity index (χ2v) is 6.27. The summed E-state index contributed by atoms with van der Waals surface area (Å²) in [6.07, 6.45) is 6.54. The van der Waals surface area contributed by atoms with Crippen molar-refractivity contribution in [3.63, 3.8) is 0 Å². The van der Waals surface area contributed by atoms with Crippen LogP contribution in [-0.2, 0) is 23.7 Å². The van der Waals surface area contributed by atoms with Gasteiger partial charge in [-0.2, -0.15) is 0 Å². The summed E-state index contributed by atoms with van der Waals surface area (Å²) < 4.78 is 15.5. The number of ketones is 1. The van der Waals surface area contributed by atoms with E-state index in [9.17, 15) is 19.0 Å². The third-order valence-corrected chi connectivity index (χ3v) is 3.65. The Bertz CT molecular complexity index is 366. The number of Topliss-reactive ketones (excluding diaryl/α,β-unsaturated/α-hetero) is 1. The van der Waals surface area contributed by atoms with Gasteiger partial charge in [-0.3, -0.25) is 14.2 Å². The molecule has 0 bridgehead atoms. The number of carbonyl (C=O) groups excluding carboxylic acids is 2. The molecule has 0 aliphatic carbocycles. The first-order valence-corrected chi connectivity index (χ1v) is 8.53. The van der Waals surface area contributed by atoms with Crippen molar-refractivity contribution in [3.05, 3.63) is 12.7 Å². The van der Waals surface area contributed by atoms with E-state index in [0.717, 1.165) is 31.8 Å². The molecule has 0 fully saturated rings. The van der Waals surface area contributed by atoms with Crippen molar-refractivity contribution in [2.24, 2.45) is 0 Å². The average molecular weight is 306 g/mol. The van der Waals surface area contributed by atoms with E-state index in [4.69, 9.17) is 0 Å². The molecule has 0 heterocycles. The lowest BCUT2D eigenvalue weighted by Crippen LogP contribution is -2.09. The van der Waals surface area contributed by atoms with E-state index in [0.29, 0.717) is 6.42 Å². The Morgan fingerprint density at radius 2 is 1.80 bits per heavy atom. The van der Waals surface area contributed by atoms with E-state index < -0.39 is 19.7 Å². The van der Waals surface area contributed by atoms with Crippen molar-refractivity contribution in [2.45, 2.75) is 51.9 Å². The number of unbranched alkanes of at least 4 members (excludes halogenated alkanes) is 5. The summed E-state index contributed by atoms with van der Waals surface area (Å²) in [6.45, 7) is 5.23. The van der Waals surface area contributed by atoms with Crippen molar-refractivity contribution in [3.8, 4) is 0 Å². The molecule has 7 heteroatoms. The largest absolute Gasteiger partial charge is 0.374 e. The van der Waals surface area contributed by atoms with Crippen LogP contribution in [-0.4, -0.2) is 22.8 Å². The number of rotatable bonds is 12. The summed E-state index contributed by atoms with van der Waals surface area (Å²) in [5, 5.41) is 0. The normalized spacial score (nSPS) is 13.5. The van der Waals surface area contributed by atoms with Gasteiger partial charge >= 0.3 is 13.6 Å². The number of hydrogen-bond donors (Lipinski definition) is 1. The Morgan fingerprint density at radius 1 is 1.20 bits per heavy atom. The van der Waals surface area contributed by atoms with Gasteiger partial charge in [0.15, 0.2) is 0 Å². The van der Waals surface area contributed by atoms with E-state index in [2.05, 4.69) is 23.1 Å². The lowest BCUT2D eigenvalue weighted by molar-refractivity contribution is -0.210. The zero-order valence-corrected chi connectivity index (χ0v) is 12.8. The highest BCUT2D eigenvalue weighted by molar-refractivity contribution is 7.53. The molecule has 0 aromatic carbocycles. The quantitative estimate of drug-likeness (QED) is 0.196. The average Bonchev–Trinajstić information content (AvgIpc) is 2.39. The van der Waals surface area contributed by atoms with Gasteiger partial charge in [0.05, 0.1) is 0 Å². The monoisotopic (exact) mass is 306 g/mol. The van der Waals surface area contributed by atoms with Crippen LogP contribution in [0.5, 0.6) is 0 Å². The zero-order valence-electron chi connectivity index (χ0n) is 11.9. The van der Waals surface area contributed by atoms with Gasteiger partial charge in [-0.15, -0.1) is 0 Å². The Hall–Kier alpha value is -0.970. The third-order valence-electron chi connectivity index (χ3n) is 2.59. The minimum atomic E-state index is -4.22. The van der Waals surface area contributed by atoms with Crippen LogP contribution in [0.4, 0.5) is 0 Å². The summed E-state index contributed by atoms with van der Waals surface area (Å²) >= 11 is 0. The smallest absolute Gasteiger partial charge is 0.322 e. The van der Waals surface area contributed by atoms with Crippen LogP contribution in [0.1, 0.15) is 51.9 Å². The highest BCUT2D eigenvalue weighted by atomic mass is 31.2. The van der Waals surface area contributed by atoms with E-state index in [1.54, 1.807) is 0 Å². The molecule has 0 saturated heterocycles. The van der Waals surface area contributed by atoms with Gasteiger partial charge in [0.1, 0.15) is 11.9 Å². The van der Waals surface area contributed by atoms with Crippen LogP contribution >= 0.6 is 7.60 Å². The number of hydrogen-bond acceptors (Lipinski definition) is 5. The molecule has 0 saturated carbocycles. The highest BCUT2D eigenvalue weighted by Gasteiger charge is 2.26. The predicted molar refractivity (Wildman–Crippen MR) is 75.1 cm³/mol. The maximum Gasteiger partial charge on any atom is 0.374 e. The predicted octanol–water partition coefficient (Wildman–Crippen LogP) is 3.15. The minimum absolute atomic E-state index is 0.232. The van der Waals surface area contributed by atoms with Crippen LogP contribution in [0.2, 0.25) is 0 Å². The molecule has 1 N–H and O–H groups in total. The zero-order chi connectivity index (χ0) is 15.4. The molecule has 0 radical (unpaired) electrons. The van der Waals surface area contributed by atoms with E-state index in [-0.39, 0.29) is 12.2 Å². The number of carbonyl (C=O) groups is 2. The third kappa shape index (κ3) is 10.9. The maximum absolute atomic E-state index is 11.5. The molecule has 20 heavy (non-hydrogen) atoms. The Labute approximate surface area is 119 Å². The Balaban J connectivity index is 3.80. The lowest BCUT2D eigenvalue weighted by atomic mass is 10.1. The first kappa shape index (κ1) is 19.0. The van der Waals surface area contributed by atoms with Gasteiger partial charge in [0.25, 0.3) is 0 Å². The van der Waals surface area contributed by atoms with Gasteiger partial charge in [-0.1, -0.05) is 50.3 Å². The molecule has 0 spiro atoms. The maximum atomic E-state index is 11.5. The van der Waals surface area contributed by atoms with Gasteiger partial charge in [0, 0.05) is 12.5 Å². The molecule has 0 aliphatic heterocycles. The fourth-order valence-corrected chi connectivity index (χ4v) is 2.41. The first-order valence-electron chi connectivity index (χ1n) is 6.77. The van der Waals surface area contributed by atoms with Gasteiger partial charge in [0.2, 0.25) is 0 Å². The van der Waals surface area contributed by atoms with E-state index >= 15 is 0 Å². The molecule has 0 aromatic rings. The molecule has 0 aliphatic rings. The van der Waals surface area contributed by atoms with Gasteiger partial charge < -0.3 is 4.89 Å². The summed E-state index contributed by atoms with van der Waals surface area (Å²) in [6, 6.07) is 0. The molecule has 1 atom stereocenters. The van der Waals surface area contributed by atoms with Crippen LogP contribution in [0.25, 0.3) is 0 Å². The van der Waals surface area contributed by atoms with Crippen molar-refractivity contribution in [1.82, 2.24) is 0 Å². The summed E-state index contributed by atoms with van der Waals surface area (Å²) in [7, 11) is -4.22. The van der Waals surface area contributed by atoms with E-state index in [1.807, 2.05) is 0 Å². The van der Waals surface area contributed by atoms with Crippen LogP contribution in [0, 0.1) is 0 Å². The van der Waals surface area contributed by atoms with E-state index in [1.165, 1.54) is 6.42 Å². The van der Waals surface area contributed by atoms with Crippen molar-refractivity contribution >= 4 is 19.3 Å². The van der Waals surface area contributed by atoms with Crippen LogP contribution in [0.3, 0.4) is 0 Å². The molecule has 0 rings (SSSR count). The fourth-order valence-electron chi connectivity index (χ4n) is 1.56. The molecule has 6 nitrogen and oxygen atoms in total. The van der Waals surface area contributed by atoms with Gasteiger partial charge in [-0.05, 0) is 6.42 Å². The SMILES string of the molecule is C=CC(=O)OOP(=O)(O)CC(=O)CCCCCCCC. The van der Waals surface area contributed by atoms with Crippen molar-refractivity contribution in [1.29, 1.82) is 0 Å². The molecule has 0 amide bonds. The Kier molecular flexibility index (Phi) is 10.3. The standard InChI is InChI=1S/C13H23O6P/c1-3-5-6-7-8-9-10-12(14)11-20(16,17)19-18-13(15)4-2/h4H,2-3,5-11H2,1H3,(H,16,17). The molecule has 0 aromatic heterocycles. The molecular weight excluding hydrogens is 283 g/mol. The summed E-state index contributed by atoms with van der Waals surface area (Å²) in [5.74, 6) is -1.36. The minimum Gasteiger partial charge on any atom is -0.322 e. The van der Waals surface area contributed by atoms with Crippen molar-refractivity contribution < 1.29 is 28.6 Å². The second kappa shape index (κ2) is 10.8. The lowest BCUT2D eigenvalue weighted by Gasteiger charge is -2.08. The Morgan fingerprint density at radius 3 is 2.40 bits per heavy atom. The molecule has 1 unspecified atom stereocenters. The van der Waals surface area contributed by atoms with Crippen molar-refractivity contribution in [2.75, 3.05) is 6.16 Å². The fraction of sp³-hybridized carbons (Fsp3) is 0.692. The van der Waals surface area contributed by atoms with Gasteiger partial charge in [-0.25, -0.2) is 4.79 Å². The molecular formula is C13H23O6P. The van der Waals surface area contributed by atoms with Crippen LogP contribution in [0.15, 0.2) is 12.7 Å². The highest BCUT2D eigenvalue weighted by Crippen LogP contribution is 2.42.